The first-order valence-electron chi connectivity index (χ1n) is 15.5. The van der Waals surface area contributed by atoms with Gasteiger partial charge in [-0.25, -0.2) is 0 Å². The predicted molar refractivity (Wildman–Crippen MR) is 167 cm³/mol. The highest BCUT2D eigenvalue weighted by Crippen LogP contribution is 2.58. The molecule has 49 heavy (non-hydrogen) atoms. The Labute approximate surface area is 279 Å². The Morgan fingerprint density at radius 2 is 1.96 bits per heavy atom. The fraction of sp³-hybridized carbons (Fsp3) is 0.412. The molecule has 15 heteroatoms. The molecule has 0 radical (unpaired) electrons. The quantitative estimate of drug-likeness (QED) is 0.133. The SMILES string of the molecule is COc1ccc2c(c1OC)O[C@H]1c3c(cc4c(c3C3=CC=C(N)NC3)C#CC[C@]3(O)[C@H](O)[C@@H](O)[C@H](O4)O[C@@H]3COC(=O)CC(=O)O)OC[C@@H]21. The normalized spacial score (nSPS) is 28.8. The van der Waals surface area contributed by atoms with Crippen molar-refractivity contribution in [1.29, 1.82) is 0 Å². The first-order valence-corrected chi connectivity index (χ1v) is 15.5. The van der Waals surface area contributed by atoms with Crippen LogP contribution in [0.5, 0.6) is 28.7 Å². The molecule has 2 aromatic carbocycles. The van der Waals surface area contributed by atoms with Gasteiger partial charge in [-0.3, -0.25) is 9.59 Å². The average Bonchev–Trinajstić information content (AvgIpc) is 3.46. The lowest BCUT2D eigenvalue weighted by molar-refractivity contribution is -0.312. The highest BCUT2D eigenvalue weighted by atomic mass is 16.7. The van der Waals surface area contributed by atoms with E-state index in [1.807, 2.05) is 18.2 Å². The first kappa shape index (κ1) is 32.4. The highest BCUT2D eigenvalue weighted by Gasteiger charge is 2.56. The second kappa shape index (κ2) is 12.4. The molecule has 258 valence electrons. The van der Waals surface area contributed by atoms with Gasteiger partial charge >= 0.3 is 11.9 Å². The third kappa shape index (κ3) is 5.42. The van der Waals surface area contributed by atoms with Crippen molar-refractivity contribution >= 4 is 17.5 Å². The summed E-state index contributed by atoms with van der Waals surface area (Å²) in [5.41, 5.74) is 7.10. The average molecular weight is 679 g/mol. The van der Waals surface area contributed by atoms with Crippen LogP contribution in [0.3, 0.4) is 0 Å². The smallest absolute Gasteiger partial charge is 0.317 e. The maximum Gasteiger partial charge on any atom is 0.317 e. The van der Waals surface area contributed by atoms with Crippen LogP contribution in [0, 0.1) is 11.8 Å². The molecule has 0 unspecified atom stereocenters. The Morgan fingerprint density at radius 3 is 2.67 bits per heavy atom. The zero-order valence-corrected chi connectivity index (χ0v) is 26.4. The topological polar surface area (TPSA) is 218 Å². The molecule has 6 aliphatic heterocycles. The molecule has 7 atom stereocenters. The van der Waals surface area contributed by atoms with Crippen LogP contribution >= 0.6 is 0 Å². The number of nitrogens with two attached hydrogens (primary N) is 1. The number of carbonyl (C=O) groups is 2. The molecule has 6 heterocycles. The van der Waals surface area contributed by atoms with Crippen LogP contribution in [0.1, 0.15) is 47.1 Å². The predicted octanol–water partition coefficient (Wildman–Crippen LogP) is 0.430. The zero-order valence-electron chi connectivity index (χ0n) is 26.4. The number of allylic oxidation sites excluding steroid dienone is 2. The maximum atomic E-state index is 12.0. The van der Waals surface area contributed by atoms with Crippen molar-refractivity contribution in [3.63, 3.8) is 0 Å². The van der Waals surface area contributed by atoms with Crippen molar-refractivity contribution in [3.05, 3.63) is 58.4 Å². The third-order valence-electron chi connectivity index (χ3n) is 9.29. The molecule has 0 saturated carbocycles. The lowest BCUT2D eigenvalue weighted by Crippen LogP contribution is -2.68. The molecule has 0 spiro atoms. The molecule has 15 nitrogen and oxygen atoms in total. The van der Waals surface area contributed by atoms with E-state index in [1.54, 1.807) is 19.3 Å². The van der Waals surface area contributed by atoms with E-state index in [0.717, 1.165) is 11.1 Å². The van der Waals surface area contributed by atoms with E-state index in [-0.39, 0.29) is 18.3 Å². The minimum atomic E-state index is -2.23. The largest absolute Gasteiger partial charge is 0.493 e. The number of dihydropyridines is 1. The van der Waals surface area contributed by atoms with E-state index < -0.39 is 67.7 Å². The van der Waals surface area contributed by atoms with Gasteiger partial charge in [-0.2, -0.15) is 0 Å². The van der Waals surface area contributed by atoms with Crippen molar-refractivity contribution in [2.24, 2.45) is 5.73 Å². The van der Waals surface area contributed by atoms with E-state index in [0.29, 0.717) is 52.1 Å². The lowest BCUT2D eigenvalue weighted by atomic mass is 9.80. The molecular formula is C34H34N2O13. The number of fused-ring (bicyclic) bond motifs is 8. The van der Waals surface area contributed by atoms with Crippen LogP contribution in [0.25, 0.3) is 5.57 Å². The fourth-order valence-electron chi connectivity index (χ4n) is 6.83. The van der Waals surface area contributed by atoms with Crippen LogP contribution in [0.15, 0.2) is 36.2 Å². The standard InChI is InChI=1S/C34H34N2O13/c1-43-19-7-6-16-18-13-45-21-10-20-17(26(15-5-8-23(35)36-12-15)27(21)29(18)49-30(16)31(19)44-2)4-3-9-34(42)22(14-46-25(39)11-24(37)38)48-33(47-20)28(40)32(34)41/h5-8,10,18,22,28-29,32-33,36,40-42H,9,11-14,35H2,1-2H3,(H,37,38)/t18-,22+,28+,29+,32+,33+,34+/m0/s1. The monoisotopic (exact) mass is 678 g/mol. The van der Waals surface area contributed by atoms with Crippen LogP contribution in [0.2, 0.25) is 0 Å². The molecule has 0 aromatic heterocycles. The molecule has 6 aliphatic rings. The van der Waals surface area contributed by atoms with Gasteiger partial charge in [0.25, 0.3) is 0 Å². The van der Waals surface area contributed by atoms with Crippen molar-refractivity contribution in [2.75, 3.05) is 34.0 Å². The molecule has 2 bridgehead atoms. The second-order valence-electron chi connectivity index (χ2n) is 12.1. The van der Waals surface area contributed by atoms with Crippen molar-refractivity contribution in [2.45, 2.75) is 55.1 Å². The van der Waals surface area contributed by atoms with Gasteiger partial charge < -0.3 is 64.6 Å². The number of carboxylic acid groups (broad SMARTS) is 1. The fourth-order valence-corrected chi connectivity index (χ4v) is 6.83. The van der Waals surface area contributed by atoms with Gasteiger partial charge in [0.1, 0.15) is 54.5 Å². The van der Waals surface area contributed by atoms with Crippen LogP contribution < -0.4 is 34.7 Å². The number of ether oxygens (including phenoxy) is 7. The van der Waals surface area contributed by atoms with Gasteiger partial charge in [0.05, 0.1) is 38.1 Å². The summed E-state index contributed by atoms with van der Waals surface area (Å²) in [6.07, 6.45) is -4.95. The minimum absolute atomic E-state index is 0.142. The molecule has 0 aliphatic carbocycles. The Balaban J connectivity index is 1.35. The number of esters is 1. The number of rotatable bonds is 7. The number of nitrogens with one attached hydrogen (secondary N) is 1. The molecule has 2 aromatic rings. The second-order valence-corrected chi connectivity index (χ2v) is 12.1. The van der Waals surface area contributed by atoms with Crippen LogP contribution in [-0.4, -0.2) is 96.5 Å². The van der Waals surface area contributed by atoms with E-state index in [2.05, 4.69) is 17.2 Å². The van der Waals surface area contributed by atoms with Gasteiger partial charge in [-0.1, -0.05) is 24.0 Å². The van der Waals surface area contributed by atoms with Gasteiger partial charge in [0.2, 0.25) is 12.0 Å². The molecule has 1 fully saturated rings. The number of carbonyl (C=O) groups excluding carboxylic acids is 1. The van der Waals surface area contributed by atoms with Gasteiger partial charge in [0.15, 0.2) is 11.5 Å². The van der Waals surface area contributed by atoms with Crippen molar-refractivity contribution < 1.29 is 63.2 Å². The van der Waals surface area contributed by atoms with Gasteiger partial charge in [0, 0.05) is 35.7 Å². The van der Waals surface area contributed by atoms with E-state index in [1.165, 1.54) is 7.11 Å². The Bertz CT molecular complexity index is 1840. The summed E-state index contributed by atoms with van der Waals surface area (Å²) in [7, 11) is 3.08. The summed E-state index contributed by atoms with van der Waals surface area (Å²) in [4.78, 5) is 22.9. The summed E-state index contributed by atoms with van der Waals surface area (Å²) in [5.74, 6) is 5.82. The molecular weight excluding hydrogens is 644 g/mol. The van der Waals surface area contributed by atoms with Gasteiger partial charge in [-0.15, -0.1) is 0 Å². The number of carboxylic acids is 1. The summed E-state index contributed by atoms with van der Waals surface area (Å²) in [6, 6.07) is 5.34. The lowest BCUT2D eigenvalue weighted by Gasteiger charge is -2.47. The Kier molecular flexibility index (Phi) is 8.19. The molecule has 1 saturated heterocycles. The highest BCUT2D eigenvalue weighted by molar-refractivity contribution is 5.90. The van der Waals surface area contributed by atoms with E-state index in [9.17, 15) is 24.9 Å². The van der Waals surface area contributed by atoms with Crippen molar-refractivity contribution in [1.82, 2.24) is 5.32 Å². The number of aliphatic hydroxyl groups is 3. The van der Waals surface area contributed by atoms with Crippen LogP contribution in [0.4, 0.5) is 0 Å². The number of hydrogen-bond donors (Lipinski definition) is 6. The maximum absolute atomic E-state index is 12.0. The van der Waals surface area contributed by atoms with Crippen molar-refractivity contribution in [3.8, 4) is 40.6 Å². The number of benzene rings is 2. The summed E-state index contributed by atoms with van der Waals surface area (Å²) in [5, 5.41) is 45.8. The minimum Gasteiger partial charge on any atom is -0.493 e. The van der Waals surface area contributed by atoms with Gasteiger partial charge in [-0.05, 0) is 17.7 Å². The van der Waals surface area contributed by atoms with Crippen LogP contribution in [-0.2, 0) is 19.1 Å². The molecule has 7 N–H and O–H groups in total. The molecule has 0 amide bonds. The number of aliphatic carboxylic acids is 1. The number of methoxy groups -OCH3 is 2. The molecule has 8 rings (SSSR count). The number of aliphatic hydroxyl groups excluding tert-OH is 2. The Morgan fingerprint density at radius 1 is 1.14 bits per heavy atom. The number of hydrogen-bond acceptors (Lipinski definition) is 14. The summed E-state index contributed by atoms with van der Waals surface area (Å²) in [6.45, 7) is -0.0868. The summed E-state index contributed by atoms with van der Waals surface area (Å²) < 4.78 is 41.4. The third-order valence-corrected chi connectivity index (χ3v) is 9.29. The Hall–Kier alpha value is -5.14. The van der Waals surface area contributed by atoms with E-state index in [4.69, 9.17) is 44.0 Å². The summed E-state index contributed by atoms with van der Waals surface area (Å²) >= 11 is 0. The van der Waals surface area contributed by atoms with E-state index >= 15 is 0 Å². The zero-order chi connectivity index (χ0) is 34.6. The first-order chi connectivity index (χ1) is 23.5.